The summed E-state index contributed by atoms with van der Waals surface area (Å²) in [6.45, 7) is 1.53. The summed E-state index contributed by atoms with van der Waals surface area (Å²) in [5.41, 5.74) is -0.677. The van der Waals surface area contributed by atoms with Crippen LogP contribution < -0.4 is 20.3 Å². The molecular weight excluding hydrogens is 568 g/mol. The topological polar surface area (TPSA) is 108 Å². The maximum atomic E-state index is 14.9. The van der Waals surface area contributed by atoms with Gasteiger partial charge >= 0.3 is 6.18 Å². The highest BCUT2D eigenvalue weighted by Gasteiger charge is 2.33. The van der Waals surface area contributed by atoms with Crippen LogP contribution in [0.25, 0.3) is 11.4 Å². The fraction of sp³-hybridized carbons (Fsp3) is 0.276. The second kappa shape index (κ2) is 12.2. The first-order valence-electron chi connectivity index (χ1n) is 13.3. The molecule has 1 amide bonds. The number of likely N-dealkylation sites (N-methyl/N-ethyl adjacent to an activating group) is 2. The van der Waals surface area contributed by atoms with Crippen molar-refractivity contribution in [3.8, 4) is 23.0 Å². The van der Waals surface area contributed by atoms with Gasteiger partial charge in [0.1, 0.15) is 17.9 Å². The number of hydrogen-bond acceptors (Lipinski definition) is 9. The van der Waals surface area contributed by atoms with Gasteiger partial charge < -0.3 is 25.2 Å². The van der Waals surface area contributed by atoms with Crippen molar-refractivity contribution in [3.63, 3.8) is 0 Å². The average Bonchev–Trinajstić information content (AvgIpc) is 3.43. The smallest absolute Gasteiger partial charge is 0.416 e. The second-order valence-corrected chi connectivity index (χ2v) is 9.98. The van der Waals surface area contributed by atoms with Crippen molar-refractivity contribution in [2.24, 2.45) is 0 Å². The number of nitrogens with one attached hydrogen (secondary N) is 2. The predicted molar refractivity (Wildman–Crippen MR) is 153 cm³/mol. The third kappa shape index (κ3) is 6.64. The molecule has 10 nitrogen and oxygen atoms in total. The van der Waals surface area contributed by atoms with Crippen LogP contribution >= 0.6 is 0 Å². The Morgan fingerprint density at radius 3 is 2.65 bits per heavy atom. The van der Waals surface area contributed by atoms with Crippen molar-refractivity contribution in [1.82, 2.24) is 24.8 Å². The molecule has 1 aliphatic heterocycles. The number of pyridine rings is 1. The quantitative estimate of drug-likeness (QED) is 0.261. The van der Waals surface area contributed by atoms with Gasteiger partial charge in [-0.3, -0.25) is 4.79 Å². The summed E-state index contributed by atoms with van der Waals surface area (Å²) in [4.78, 5) is 33.9. The lowest BCUT2D eigenvalue weighted by Crippen LogP contribution is -2.34. The van der Waals surface area contributed by atoms with Crippen molar-refractivity contribution >= 4 is 23.2 Å². The Kier molecular flexibility index (Phi) is 8.39. The Labute approximate surface area is 244 Å². The first kappa shape index (κ1) is 29.6. The maximum absolute atomic E-state index is 14.9. The van der Waals surface area contributed by atoms with Gasteiger partial charge in [-0.1, -0.05) is 0 Å². The number of benzene rings is 2. The summed E-state index contributed by atoms with van der Waals surface area (Å²) in [7, 11) is 5.37. The van der Waals surface area contributed by atoms with Crippen LogP contribution in [-0.2, 0) is 6.18 Å². The lowest BCUT2D eigenvalue weighted by atomic mass is 10.1. The highest BCUT2D eigenvalue weighted by Crippen LogP contribution is 2.37. The fourth-order valence-electron chi connectivity index (χ4n) is 4.78. The monoisotopic (exact) mass is 596 g/mol. The summed E-state index contributed by atoms with van der Waals surface area (Å²) in [6.07, 6.45) is -1.05. The van der Waals surface area contributed by atoms with Gasteiger partial charge in [0.25, 0.3) is 5.91 Å². The first-order valence-corrected chi connectivity index (χ1v) is 13.3. The zero-order valence-corrected chi connectivity index (χ0v) is 23.5. The molecule has 2 aromatic heterocycles. The predicted octanol–water partition coefficient (Wildman–Crippen LogP) is 5.32. The molecule has 2 N–H and O–H groups in total. The largest absolute Gasteiger partial charge is 0.438 e. The van der Waals surface area contributed by atoms with Gasteiger partial charge in [0, 0.05) is 32.9 Å². The number of likely N-dealkylation sites (tertiary alicyclic amines) is 1. The molecule has 1 unspecified atom stereocenters. The van der Waals surface area contributed by atoms with Gasteiger partial charge in [-0.15, -0.1) is 0 Å². The van der Waals surface area contributed by atoms with Crippen molar-refractivity contribution < 1.29 is 27.1 Å². The van der Waals surface area contributed by atoms with Crippen molar-refractivity contribution in [2.45, 2.75) is 18.6 Å². The Hall–Kier alpha value is -4.85. The number of carbonyl (C=O) groups excluding carboxylic acids is 1. The number of halogens is 4. The number of hydrogen-bond donors (Lipinski definition) is 2. The van der Waals surface area contributed by atoms with Gasteiger partial charge in [0.2, 0.25) is 11.8 Å². The third-order valence-electron chi connectivity index (χ3n) is 7.07. The minimum Gasteiger partial charge on any atom is -0.438 e. The molecule has 5 rings (SSSR count). The number of alkyl halides is 3. The third-order valence-corrected chi connectivity index (χ3v) is 7.07. The Bertz CT molecular complexity index is 1630. The molecule has 1 saturated heterocycles. The van der Waals surface area contributed by atoms with Crippen molar-refractivity contribution in [2.75, 3.05) is 49.8 Å². The fourth-order valence-corrected chi connectivity index (χ4v) is 4.78. The summed E-state index contributed by atoms with van der Waals surface area (Å²) < 4.78 is 61.7. The first-order chi connectivity index (χ1) is 20.5. The minimum atomic E-state index is -4.64. The van der Waals surface area contributed by atoms with Crippen LogP contribution in [0.3, 0.4) is 0 Å². The minimum absolute atomic E-state index is 0.0204. The number of nitrogens with zero attached hydrogens (tertiary/aromatic N) is 6. The van der Waals surface area contributed by atoms with Gasteiger partial charge in [-0.05, 0) is 68.5 Å². The summed E-state index contributed by atoms with van der Waals surface area (Å²) in [6, 6.07) is 9.96. The van der Waals surface area contributed by atoms with Gasteiger partial charge in [-0.25, -0.2) is 19.3 Å². The molecule has 1 aliphatic rings. The van der Waals surface area contributed by atoms with E-state index in [9.17, 15) is 22.4 Å². The van der Waals surface area contributed by atoms with E-state index in [1.54, 1.807) is 26.2 Å². The number of carbonyl (C=O) groups is 1. The van der Waals surface area contributed by atoms with Crippen molar-refractivity contribution in [1.29, 1.82) is 0 Å². The van der Waals surface area contributed by atoms with E-state index in [0.29, 0.717) is 23.7 Å². The standard InChI is InChI=1S/C29H28F4N8O2/c1-34-28-37-16-36-25(39-28)20-5-4-11-35-27(20)43-19-7-8-22(30)21(14-19)26(42)38-23-13-17(29(31,32)33)6-9-24(23)41(3)18-10-12-40(2)15-18/h4-9,11,13-14,16,18H,10,12,15H2,1-3H3,(H,38,42)(H,34,36,37,39). The normalized spacial score (nSPS) is 15.3. The maximum Gasteiger partial charge on any atom is 0.416 e. The van der Waals surface area contributed by atoms with Crippen molar-refractivity contribution in [3.05, 3.63) is 78.0 Å². The van der Waals surface area contributed by atoms with Crippen LogP contribution in [0.2, 0.25) is 0 Å². The average molecular weight is 597 g/mol. The van der Waals surface area contributed by atoms with Crippen LogP contribution in [0.4, 0.5) is 34.9 Å². The van der Waals surface area contributed by atoms with Crippen LogP contribution in [0.1, 0.15) is 22.3 Å². The summed E-state index contributed by atoms with van der Waals surface area (Å²) >= 11 is 0. The van der Waals surface area contributed by atoms with Gasteiger partial charge in [-0.2, -0.15) is 18.2 Å². The van der Waals surface area contributed by atoms with Crippen LogP contribution in [-0.4, -0.2) is 71.0 Å². The van der Waals surface area contributed by atoms with E-state index in [-0.39, 0.29) is 29.2 Å². The molecule has 2 aromatic carbocycles. The molecule has 0 spiro atoms. The Morgan fingerprint density at radius 1 is 1.12 bits per heavy atom. The number of amides is 1. The molecule has 0 aliphatic carbocycles. The Morgan fingerprint density at radius 2 is 1.93 bits per heavy atom. The molecule has 4 aromatic rings. The molecule has 3 heterocycles. The SMILES string of the molecule is CNc1ncnc(-c2cccnc2Oc2ccc(F)c(C(=O)Nc3cc(C(F)(F)F)ccc3N(C)C3CCN(C)C3)c2)n1. The van der Waals surface area contributed by atoms with E-state index in [1.807, 2.05) is 11.9 Å². The zero-order chi connectivity index (χ0) is 30.7. The highest BCUT2D eigenvalue weighted by molar-refractivity contribution is 6.06. The molecule has 0 saturated carbocycles. The molecule has 1 fully saturated rings. The number of rotatable bonds is 8. The van der Waals surface area contributed by atoms with Gasteiger partial charge in [0.05, 0.1) is 28.1 Å². The summed E-state index contributed by atoms with van der Waals surface area (Å²) in [5.74, 6) is -1.11. The molecule has 1 atom stereocenters. The lowest BCUT2D eigenvalue weighted by molar-refractivity contribution is -0.137. The van der Waals surface area contributed by atoms with E-state index in [1.165, 1.54) is 24.7 Å². The van der Waals surface area contributed by atoms with Crippen LogP contribution in [0, 0.1) is 5.82 Å². The molecule has 0 radical (unpaired) electrons. The molecule has 43 heavy (non-hydrogen) atoms. The number of aromatic nitrogens is 4. The van der Waals surface area contributed by atoms with E-state index in [0.717, 1.165) is 37.2 Å². The lowest BCUT2D eigenvalue weighted by Gasteiger charge is -2.29. The van der Waals surface area contributed by atoms with Crippen LogP contribution in [0.5, 0.6) is 11.6 Å². The van der Waals surface area contributed by atoms with Gasteiger partial charge in [0.15, 0.2) is 5.82 Å². The molecule has 224 valence electrons. The van der Waals surface area contributed by atoms with E-state index >= 15 is 0 Å². The molecule has 0 bridgehead atoms. The Balaban J connectivity index is 1.44. The van der Waals surface area contributed by atoms with E-state index in [2.05, 4.69) is 35.5 Å². The highest BCUT2D eigenvalue weighted by atomic mass is 19.4. The second-order valence-electron chi connectivity index (χ2n) is 9.98. The van der Waals surface area contributed by atoms with E-state index < -0.39 is 29.0 Å². The van der Waals surface area contributed by atoms with Crippen LogP contribution in [0.15, 0.2) is 61.1 Å². The number of anilines is 3. The number of ether oxygens (including phenoxy) is 1. The summed E-state index contributed by atoms with van der Waals surface area (Å²) in [5, 5.41) is 5.31. The molecular formula is C29H28F4N8O2. The zero-order valence-electron chi connectivity index (χ0n) is 23.5. The van der Waals surface area contributed by atoms with E-state index in [4.69, 9.17) is 4.74 Å². The molecule has 14 heteroatoms.